The lowest BCUT2D eigenvalue weighted by atomic mass is 10.0. The van der Waals surface area contributed by atoms with Gasteiger partial charge in [-0.3, -0.25) is 0 Å². The van der Waals surface area contributed by atoms with E-state index in [1.807, 2.05) is 0 Å². The van der Waals surface area contributed by atoms with E-state index in [0.717, 1.165) is 0 Å². The molecule has 0 radical (unpaired) electrons. The highest BCUT2D eigenvalue weighted by molar-refractivity contribution is 6.50. The molecule has 6 heteroatoms. The molecule has 1 aliphatic rings. The van der Waals surface area contributed by atoms with Gasteiger partial charge in [-0.25, -0.2) is 0 Å². The van der Waals surface area contributed by atoms with Crippen LogP contribution in [0.1, 0.15) is 22.6 Å². The van der Waals surface area contributed by atoms with Crippen molar-refractivity contribution in [1.29, 1.82) is 0 Å². The van der Waals surface area contributed by atoms with E-state index in [0.29, 0.717) is 12.0 Å². The Hall–Kier alpha value is -2.89. The van der Waals surface area contributed by atoms with Gasteiger partial charge in [0, 0.05) is 17.8 Å². The maximum Gasteiger partial charge on any atom is 0.673 e. The molecule has 0 heterocycles. The molecule has 0 aliphatic heterocycles. The second-order valence-corrected chi connectivity index (χ2v) is 6.69. The van der Waals surface area contributed by atoms with Crippen molar-refractivity contribution in [3.63, 3.8) is 0 Å². The Morgan fingerprint density at radius 2 is 1.25 bits per heavy atom. The van der Waals surface area contributed by atoms with Crippen LogP contribution in [0.15, 0.2) is 84.9 Å². The van der Waals surface area contributed by atoms with Crippen molar-refractivity contribution >= 4 is 12.9 Å². The van der Waals surface area contributed by atoms with Crippen molar-refractivity contribution < 1.29 is 17.3 Å². The standard InChI is InChI=1S/C22H20N.BF4/c1-16-12-14-19(15-13-16)23-22-20(17-8-4-2-5-9-17)21(22)18-10-6-3-7-11-18;2-1(3,4)5/h2-15,20,22-23H,1H3;/q+1;-1. The first-order chi connectivity index (χ1) is 13.3. The van der Waals surface area contributed by atoms with E-state index < -0.39 is 7.25 Å². The molecule has 3 aromatic carbocycles. The van der Waals surface area contributed by atoms with Crippen LogP contribution in [0.4, 0.5) is 23.0 Å². The lowest BCUT2D eigenvalue weighted by Crippen LogP contribution is -2.05. The molecule has 0 aromatic heterocycles. The van der Waals surface area contributed by atoms with Crippen LogP contribution >= 0.6 is 0 Å². The molecular weight excluding hydrogens is 365 g/mol. The minimum atomic E-state index is -6.00. The number of hydrogen-bond acceptors (Lipinski definition) is 1. The van der Waals surface area contributed by atoms with E-state index in [2.05, 4.69) is 97.2 Å². The third-order valence-corrected chi connectivity index (χ3v) is 4.53. The minimum absolute atomic E-state index is 0.377. The van der Waals surface area contributed by atoms with Crippen molar-refractivity contribution in [2.45, 2.75) is 18.9 Å². The van der Waals surface area contributed by atoms with Gasteiger partial charge in [0.1, 0.15) is 11.6 Å². The summed E-state index contributed by atoms with van der Waals surface area (Å²) in [5.74, 6) is 1.94. The van der Waals surface area contributed by atoms with E-state index in [-0.39, 0.29) is 0 Å². The average Bonchev–Trinajstić information content (AvgIpc) is 3.37. The van der Waals surface area contributed by atoms with Crippen molar-refractivity contribution in [2.24, 2.45) is 0 Å². The Morgan fingerprint density at radius 1 is 0.750 bits per heavy atom. The highest BCUT2D eigenvalue weighted by atomic mass is 19.5. The molecule has 1 N–H and O–H groups in total. The molecule has 3 aromatic rings. The van der Waals surface area contributed by atoms with Gasteiger partial charge < -0.3 is 22.6 Å². The third kappa shape index (κ3) is 5.55. The van der Waals surface area contributed by atoms with Gasteiger partial charge in [0.15, 0.2) is 0 Å². The topological polar surface area (TPSA) is 12.0 Å². The molecule has 0 amide bonds. The number of rotatable bonds is 4. The number of aryl methyl sites for hydroxylation is 1. The molecule has 1 saturated carbocycles. The smallest absolute Gasteiger partial charge is 0.418 e. The largest absolute Gasteiger partial charge is 0.673 e. The van der Waals surface area contributed by atoms with Gasteiger partial charge >= 0.3 is 7.25 Å². The molecule has 1 nitrogen and oxygen atoms in total. The summed E-state index contributed by atoms with van der Waals surface area (Å²) in [6.45, 7) is 2.12. The summed E-state index contributed by atoms with van der Waals surface area (Å²) in [6, 6.07) is 30.5. The van der Waals surface area contributed by atoms with Crippen molar-refractivity contribution in [1.82, 2.24) is 0 Å². The van der Waals surface area contributed by atoms with E-state index in [1.54, 1.807) is 0 Å². The Labute approximate surface area is 162 Å². The molecule has 0 bridgehead atoms. The molecule has 144 valence electrons. The molecule has 2 unspecified atom stereocenters. The predicted molar refractivity (Wildman–Crippen MR) is 107 cm³/mol. The monoisotopic (exact) mass is 385 g/mol. The maximum atomic E-state index is 9.75. The second kappa shape index (κ2) is 8.42. The zero-order valence-electron chi connectivity index (χ0n) is 15.3. The van der Waals surface area contributed by atoms with Gasteiger partial charge in [-0.05, 0) is 42.8 Å². The number of nitrogens with one attached hydrogen (secondary N) is 1. The molecule has 1 fully saturated rings. The van der Waals surface area contributed by atoms with Crippen molar-refractivity contribution in [3.05, 3.63) is 108 Å². The summed E-state index contributed by atoms with van der Waals surface area (Å²) >= 11 is 0. The molecule has 0 saturated heterocycles. The number of benzene rings is 3. The lowest BCUT2D eigenvalue weighted by Gasteiger charge is -2.04. The fourth-order valence-corrected chi connectivity index (χ4v) is 3.28. The Balaban J connectivity index is 0.000000403. The highest BCUT2D eigenvalue weighted by Crippen LogP contribution is 2.55. The first-order valence-electron chi connectivity index (χ1n) is 9.00. The number of hydrogen-bond donors (Lipinski definition) is 1. The van der Waals surface area contributed by atoms with Crippen LogP contribution in [0, 0.1) is 12.8 Å². The average molecular weight is 385 g/mol. The predicted octanol–water partition coefficient (Wildman–Crippen LogP) is 6.50. The molecule has 1 aliphatic carbocycles. The van der Waals surface area contributed by atoms with Crippen LogP contribution in [0.2, 0.25) is 0 Å². The van der Waals surface area contributed by atoms with Crippen LogP contribution < -0.4 is 5.32 Å². The summed E-state index contributed by atoms with van der Waals surface area (Å²) in [5, 5.41) is 3.70. The first kappa shape index (κ1) is 19.9. The summed E-state index contributed by atoms with van der Waals surface area (Å²) in [7, 11) is -6.00. The van der Waals surface area contributed by atoms with E-state index in [9.17, 15) is 17.3 Å². The number of halogens is 4. The summed E-state index contributed by atoms with van der Waals surface area (Å²) in [6.07, 6.45) is 0. The van der Waals surface area contributed by atoms with Crippen LogP contribution in [0.25, 0.3) is 0 Å². The number of anilines is 1. The molecule has 4 rings (SSSR count). The lowest BCUT2D eigenvalue weighted by molar-refractivity contribution is 0.368. The van der Waals surface area contributed by atoms with Gasteiger partial charge in [-0.1, -0.05) is 48.0 Å². The van der Waals surface area contributed by atoms with Gasteiger partial charge in [-0.15, -0.1) is 0 Å². The van der Waals surface area contributed by atoms with E-state index in [4.69, 9.17) is 0 Å². The fourth-order valence-electron chi connectivity index (χ4n) is 3.28. The Bertz CT molecular complexity index is 815. The van der Waals surface area contributed by atoms with E-state index >= 15 is 0 Å². The first-order valence-corrected chi connectivity index (χ1v) is 9.00. The zero-order valence-corrected chi connectivity index (χ0v) is 15.3. The Morgan fingerprint density at radius 3 is 1.79 bits per heavy atom. The van der Waals surface area contributed by atoms with Crippen molar-refractivity contribution in [2.75, 3.05) is 5.32 Å². The van der Waals surface area contributed by atoms with Crippen LogP contribution in [0.5, 0.6) is 0 Å². The van der Waals surface area contributed by atoms with Gasteiger partial charge in [0.05, 0.1) is 11.8 Å². The highest BCUT2D eigenvalue weighted by Gasteiger charge is 2.58. The maximum absolute atomic E-state index is 9.75. The van der Waals surface area contributed by atoms with Gasteiger partial charge in [0.25, 0.3) is 0 Å². The van der Waals surface area contributed by atoms with Crippen LogP contribution in [-0.2, 0) is 0 Å². The summed E-state index contributed by atoms with van der Waals surface area (Å²) in [5.41, 5.74) is 5.20. The zero-order chi connectivity index (χ0) is 20.1. The SMILES string of the molecule is Cc1ccc(NC2[C+](c3ccccc3)C2c2ccccc2)cc1.F[B-](F)(F)F. The third-order valence-electron chi connectivity index (χ3n) is 4.53. The molecule has 0 spiro atoms. The molecular formula is C22H20BF4N. The second-order valence-electron chi connectivity index (χ2n) is 6.69. The quantitative estimate of drug-likeness (QED) is 0.307. The Kier molecular flexibility index (Phi) is 5.97. The van der Waals surface area contributed by atoms with Gasteiger partial charge in [-0.2, -0.15) is 0 Å². The van der Waals surface area contributed by atoms with Crippen LogP contribution in [0.3, 0.4) is 0 Å². The normalized spacial score (nSPS) is 18.1. The molecule has 2 atom stereocenters. The summed E-state index contributed by atoms with van der Waals surface area (Å²) in [4.78, 5) is 0. The van der Waals surface area contributed by atoms with Crippen molar-refractivity contribution in [3.8, 4) is 0 Å². The summed E-state index contributed by atoms with van der Waals surface area (Å²) < 4.78 is 39.0. The molecule has 28 heavy (non-hydrogen) atoms. The van der Waals surface area contributed by atoms with Crippen LogP contribution in [-0.4, -0.2) is 13.3 Å². The fraction of sp³-hybridized carbons (Fsp3) is 0.136. The minimum Gasteiger partial charge on any atom is -0.418 e. The van der Waals surface area contributed by atoms with Gasteiger partial charge in [0.2, 0.25) is 0 Å². The van der Waals surface area contributed by atoms with E-state index in [1.165, 1.54) is 28.3 Å².